The highest BCUT2D eigenvalue weighted by Crippen LogP contribution is 2.20. The van der Waals surface area contributed by atoms with Crippen LogP contribution >= 0.6 is 0 Å². The molecule has 0 saturated heterocycles. The van der Waals surface area contributed by atoms with E-state index in [2.05, 4.69) is 21.0 Å². The number of ether oxygens (including phenoxy) is 2. The fraction of sp³-hybridized carbons (Fsp3) is 0.357. The minimum Gasteiger partial charge on any atom is -0.350 e. The number of aryl methyl sites for hydroxylation is 2. The molecule has 0 N–H and O–H groups in total. The van der Waals surface area contributed by atoms with E-state index >= 15 is 0 Å². The smallest absolute Gasteiger partial charge is 0.200 e. The number of pyridine rings is 1. The van der Waals surface area contributed by atoms with Crippen molar-refractivity contribution in [2.75, 3.05) is 14.2 Å². The van der Waals surface area contributed by atoms with Crippen LogP contribution in [-0.4, -0.2) is 29.2 Å². The molecule has 5 heteroatoms. The molecule has 0 aliphatic carbocycles. The lowest BCUT2D eigenvalue weighted by molar-refractivity contribution is -0.108. The van der Waals surface area contributed by atoms with E-state index in [4.69, 9.17) is 9.47 Å². The molecule has 2 heterocycles. The number of hydrogen-bond acceptors (Lipinski definition) is 5. The van der Waals surface area contributed by atoms with Crippen LogP contribution in [0.25, 0.3) is 11.5 Å². The van der Waals surface area contributed by atoms with E-state index in [1.54, 1.807) is 26.5 Å². The minimum absolute atomic E-state index is 0.493. The third-order valence-electron chi connectivity index (χ3n) is 2.77. The van der Waals surface area contributed by atoms with Crippen molar-refractivity contribution in [3.63, 3.8) is 0 Å². The molecule has 2 rings (SSSR count). The maximum absolute atomic E-state index is 5.19. The largest absolute Gasteiger partial charge is 0.350 e. The Bertz CT molecular complexity index is 568. The molecule has 19 heavy (non-hydrogen) atoms. The van der Waals surface area contributed by atoms with Crippen LogP contribution in [-0.2, 0) is 9.47 Å². The zero-order valence-electron chi connectivity index (χ0n) is 11.5. The summed E-state index contributed by atoms with van der Waals surface area (Å²) in [4.78, 5) is 13.1. The zero-order valence-corrected chi connectivity index (χ0v) is 11.5. The quantitative estimate of drug-likeness (QED) is 0.789. The number of methoxy groups -OCH3 is 2. The third-order valence-corrected chi connectivity index (χ3v) is 2.77. The van der Waals surface area contributed by atoms with Crippen LogP contribution in [0.3, 0.4) is 0 Å². The molecule has 0 atom stereocenters. The Kier molecular flexibility index (Phi) is 4.19. The predicted molar refractivity (Wildman–Crippen MR) is 71.5 cm³/mol. The maximum Gasteiger partial charge on any atom is 0.200 e. The van der Waals surface area contributed by atoms with Crippen LogP contribution in [0.1, 0.15) is 23.1 Å². The normalized spacial score (nSPS) is 11.0. The lowest BCUT2D eigenvalue weighted by atomic mass is 10.1. The highest BCUT2D eigenvalue weighted by molar-refractivity contribution is 5.54. The molecule has 5 nitrogen and oxygen atoms in total. The summed E-state index contributed by atoms with van der Waals surface area (Å²) in [5.74, 6) is 0.578. The molecule has 0 aliphatic heterocycles. The molecule has 100 valence electrons. The minimum atomic E-state index is -0.493. The second-order valence-electron chi connectivity index (χ2n) is 4.29. The van der Waals surface area contributed by atoms with Gasteiger partial charge in [0.25, 0.3) is 0 Å². The van der Waals surface area contributed by atoms with Gasteiger partial charge in [0.2, 0.25) is 6.29 Å². The summed E-state index contributed by atoms with van der Waals surface area (Å²) in [5.41, 5.74) is 3.61. The highest BCUT2D eigenvalue weighted by atomic mass is 16.7. The summed E-state index contributed by atoms with van der Waals surface area (Å²) >= 11 is 0. The lowest BCUT2D eigenvalue weighted by Crippen LogP contribution is -2.07. The molecule has 0 fully saturated rings. The van der Waals surface area contributed by atoms with Crippen LogP contribution in [0.5, 0.6) is 0 Å². The van der Waals surface area contributed by atoms with Gasteiger partial charge in [0.15, 0.2) is 5.82 Å². The van der Waals surface area contributed by atoms with Crippen LogP contribution in [0.4, 0.5) is 0 Å². The van der Waals surface area contributed by atoms with Gasteiger partial charge in [-0.25, -0.2) is 9.97 Å². The molecule has 0 aliphatic rings. The van der Waals surface area contributed by atoms with Gasteiger partial charge in [-0.2, -0.15) is 0 Å². The third kappa shape index (κ3) is 2.94. The molecule has 0 aromatic carbocycles. The van der Waals surface area contributed by atoms with Crippen molar-refractivity contribution in [2.45, 2.75) is 20.1 Å². The first-order valence-corrected chi connectivity index (χ1v) is 5.98. The first kappa shape index (κ1) is 13.6. The Morgan fingerprint density at radius 3 is 2.47 bits per heavy atom. The molecule has 0 amide bonds. The van der Waals surface area contributed by atoms with Gasteiger partial charge in [-0.1, -0.05) is 6.07 Å². The summed E-state index contributed by atoms with van der Waals surface area (Å²) in [5, 5.41) is 0. The summed E-state index contributed by atoms with van der Waals surface area (Å²) in [6.45, 7) is 4.00. The number of rotatable bonds is 4. The Morgan fingerprint density at radius 1 is 1.11 bits per heavy atom. The monoisotopic (exact) mass is 259 g/mol. The van der Waals surface area contributed by atoms with E-state index in [0.29, 0.717) is 11.5 Å². The van der Waals surface area contributed by atoms with E-state index < -0.39 is 6.29 Å². The van der Waals surface area contributed by atoms with E-state index in [1.165, 1.54) is 0 Å². The van der Waals surface area contributed by atoms with Gasteiger partial charge in [0.1, 0.15) is 11.4 Å². The second kappa shape index (κ2) is 5.86. The summed E-state index contributed by atoms with van der Waals surface area (Å²) in [6.07, 6.45) is 3.00. The van der Waals surface area contributed by atoms with E-state index in [0.717, 1.165) is 16.8 Å². The van der Waals surface area contributed by atoms with E-state index in [9.17, 15) is 0 Å². The van der Waals surface area contributed by atoms with Crippen molar-refractivity contribution >= 4 is 0 Å². The highest BCUT2D eigenvalue weighted by Gasteiger charge is 2.14. The van der Waals surface area contributed by atoms with E-state index in [-0.39, 0.29) is 0 Å². The summed E-state index contributed by atoms with van der Waals surface area (Å²) in [6, 6.07) is 3.83. The van der Waals surface area contributed by atoms with Gasteiger partial charge in [-0.05, 0) is 31.0 Å². The Labute approximate surface area is 112 Å². The van der Waals surface area contributed by atoms with Crippen molar-refractivity contribution in [1.29, 1.82) is 0 Å². The van der Waals surface area contributed by atoms with Gasteiger partial charge in [-0.15, -0.1) is 0 Å². The van der Waals surface area contributed by atoms with Crippen molar-refractivity contribution < 1.29 is 9.47 Å². The van der Waals surface area contributed by atoms with E-state index in [1.807, 2.05) is 20.0 Å². The first-order valence-electron chi connectivity index (χ1n) is 5.98. The van der Waals surface area contributed by atoms with Crippen LogP contribution in [0, 0.1) is 13.8 Å². The van der Waals surface area contributed by atoms with Gasteiger partial charge in [0.05, 0.1) is 0 Å². The lowest BCUT2D eigenvalue weighted by Gasteiger charge is -2.13. The van der Waals surface area contributed by atoms with Crippen LogP contribution in [0.2, 0.25) is 0 Å². The van der Waals surface area contributed by atoms with Crippen LogP contribution in [0.15, 0.2) is 24.5 Å². The van der Waals surface area contributed by atoms with Crippen molar-refractivity contribution in [1.82, 2.24) is 15.0 Å². The maximum atomic E-state index is 5.19. The van der Waals surface area contributed by atoms with Crippen molar-refractivity contribution in [2.24, 2.45) is 0 Å². The Hall–Kier alpha value is -1.85. The molecule has 0 spiro atoms. The van der Waals surface area contributed by atoms with Crippen LogP contribution < -0.4 is 0 Å². The topological polar surface area (TPSA) is 57.1 Å². The van der Waals surface area contributed by atoms with Gasteiger partial charge >= 0.3 is 0 Å². The molecule has 0 radical (unpaired) electrons. The molecular formula is C14H17N3O2. The zero-order chi connectivity index (χ0) is 13.8. The molecular weight excluding hydrogens is 242 g/mol. The van der Waals surface area contributed by atoms with Gasteiger partial charge in [0, 0.05) is 26.6 Å². The first-order chi connectivity index (χ1) is 9.15. The average Bonchev–Trinajstić information content (AvgIpc) is 2.40. The number of aromatic nitrogens is 3. The number of nitrogens with zero attached hydrogens (tertiary/aromatic N) is 3. The second-order valence-corrected chi connectivity index (χ2v) is 4.29. The van der Waals surface area contributed by atoms with Gasteiger partial charge in [-0.3, -0.25) is 4.98 Å². The molecule has 0 unspecified atom stereocenters. The fourth-order valence-electron chi connectivity index (χ4n) is 1.91. The molecule has 0 bridgehead atoms. The van der Waals surface area contributed by atoms with Gasteiger partial charge < -0.3 is 9.47 Å². The molecule has 2 aromatic heterocycles. The number of hydrogen-bond donors (Lipinski definition) is 0. The molecule has 2 aromatic rings. The summed E-state index contributed by atoms with van der Waals surface area (Å²) < 4.78 is 10.4. The summed E-state index contributed by atoms with van der Waals surface area (Å²) in [7, 11) is 3.15. The Morgan fingerprint density at radius 2 is 1.84 bits per heavy atom. The average molecular weight is 259 g/mol. The fourth-order valence-corrected chi connectivity index (χ4v) is 1.91. The standard InChI is InChI=1S/C14H17N3O2/c1-9-7-10(2)12(16-8-9)13-15-6-5-11(17-13)14(18-3)19-4/h5-8,14H,1-4H3. The van der Waals surface area contributed by atoms with Crippen molar-refractivity contribution in [3.8, 4) is 11.5 Å². The predicted octanol–water partition coefficient (Wildman–Crippen LogP) is 2.45. The SMILES string of the molecule is COC(OC)c1ccnc(-c2ncc(C)cc2C)n1. The van der Waals surface area contributed by atoms with Crippen molar-refractivity contribution in [3.05, 3.63) is 41.3 Å². The molecule has 0 saturated carbocycles. The Balaban J connectivity index is 2.43.